The number of nitrogens with one attached hydrogen (secondary N) is 1. The maximum atomic E-state index is 12.7. The molecule has 8 heteroatoms. The quantitative estimate of drug-likeness (QED) is 0.125. The summed E-state index contributed by atoms with van der Waals surface area (Å²) >= 11 is 0. The van der Waals surface area contributed by atoms with Gasteiger partial charge in [-0.3, -0.25) is 19.3 Å². The van der Waals surface area contributed by atoms with Gasteiger partial charge < -0.3 is 14.8 Å². The minimum atomic E-state index is -0.588. The number of hydrogen-bond acceptors (Lipinski definition) is 6. The largest absolute Gasteiger partial charge is 0.495 e. The molecule has 8 nitrogen and oxygen atoms in total. The molecule has 0 spiro atoms. The number of ether oxygens (including phenoxy) is 2. The van der Waals surface area contributed by atoms with Gasteiger partial charge in [-0.2, -0.15) is 0 Å². The van der Waals surface area contributed by atoms with Crippen LogP contribution in [0.1, 0.15) is 115 Å². The van der Waals surface area contributed by atoms with Gasteiger partial charge in [0.1, 0.15) is 12.3 Å². The van der Waals surface area contributed by atoms with Crippen molar-refractivity contribution >= 4 is 29.4 Å². The summed E-state index contributed by atoms with van der Waals surface area (Å²) in [5, 5.41) is 2.65. The smallest absolute Gasteiger partial charge is 0.338 e. The van der Waals surface area contributed by atoms with E-state index in [9.17, 15) is 19.2 Å². The standard InChI is InChI=1S/C32H42N2O6/c1-3-4-5-6-7-8-9-10-11-12-13-16-21-40-32(38)24-19-20-28(39-2)27(22-24)33-29(35)23-34-30(36)25-17-14-15-18-26(25)31(34)37/h14-15,17-20,22H,3-13,16,21,23H2,1-2H3,(H,33,35). The second-order valence-corrected chi connectivity index (χ2v) is 10.2. The molecule has 0 bridgehead atoms. The highest BCUT2D eigenvalue weighted by Gasteiger charge is 2.36. The number of rotatable bonds is 18. The van der Waals surface area contributed by atoms with E-state index in [1.807, 2.05) is 0 Å². The molecule has 1 heterocycles. The second kappa shape index (κ2) is 16.4. The zero-order valence-electron chi connectivity index (χ0n) is 23.8. The summed E-state index contributed by atoms with van der Waals surface area (Å²) in [5.41, 5.74) is 1.08. The Kier molecular flexibility index (Phi) is 12.7. The molecule has 0 atom stereocenters. The third-order valence-electron chi connectivity index (χ3n) is 7.12. The van der Waals surface area contributed by atoms with E-state index in [1.165, 1.54) is 71.0 Å². The summed E-state index contributed by atoms with van der Waals surface area (Å²) in [6, 6.07) is 11.1. The highest BCUT2D eigenvalue weighted by molar-refractivity contribution is 6.22. The van der Waals surface area contributed by atoms with Gasteiger partial charge >= 0.3 is 5.97 Å². The van der Waals surface area contributed by atoms with Crippen LogP contribution in [0.25, 0.3) is 0 Å². The molecule has 0 saturated carbocycles. The lowest BCUT2D eigenvalue weighted by Crippen LogP contribution is -2.37. The van der Waals surface area contributed by atoms with Crippen LogP contribution >= 0.6 is 0 Å². The normalized spacial score (nSPS) is 12.4. The van der Waals surface area contributed by atoms with Crippen LogP contribution in [0.2, 0.25) is 0 Å². The van der Waals surface area contributed by atoms with Crippen LogP contribution in [-0.4, -0.2) is 48.9 Å². The SMILES string of the molecule is CCCCCCCCCCCCCCOC(=O)c1ccc(OC)c(NC(=O)CN2C(=O)c3ccccc3C2=O)c1. The van der Waals surface area contributed by atoms with Gasteiger partial charge in [0.25, 0.3) is 11.8 Å². The van der Waals surface area contributed by atoms with Gasteiger partial charge in [-0.05, 0) is 36.8 Å². The fourth-order valence-electron chi connectivity index (χ4n) is 4.84. The Morgan fingerprint density at radius 1 is 0.775 bits per heavy atom. The minimum absolute atomic E-state index is 0.254. The minimum Gasteiger partial charge on any atom is -0.495 e. The molecular formula is C32H42N2O6. The van der Waals surface area contributed by atoms with Crippen LogP contribution in [-0.2, 0) is 9.53 Å². The first-order valence-corrected chi connectivity index (χ1v) is 14.6. The fourth-order valence-corrected chi connectivity index (χ4v) is 4.84. The number of unbranched alkanes of at least 4 members (excludes halogenated alkanes) is 11. The van der Waals surface area contributed by atoms with E-state index in [-0.39, 0.29) is 22.4 Å². The van der Waals surface area contributed by atoms with Crippen molar-refractivity contribution in [3.05, 3.63) is 59.2 Å². The Morgan fingerprint density at radius 2 is 1.32 bits per heavy atom. The van der Waals surface area contributed by atoms with E-state index in [1.54, 1.807) is 36.4 Å². The number of carbonyl (C=O) groups excluding carboxylic acids is 4. The molecule has 1 aliphatic rings. The van der Waals surface area contributed by atoms with E-state index < -0.39 is 30.2 Å². The summed E-state index contributed by atoms with van der Waals surface area (Å²) in [6.45, 7) is 2.12. The van der Waals surface area contributed by atoms with E-state index in [4.69, 9.17) is 9.47 Å². The van der Waals surface area contributed by atoms with Crippen LogP contribution in [0, 0.1) is 0 Å². The van der Waals surface area contributed by atoms with Crippen LogP contribution in [0.3, 0.4) is 0 Å². The predicted molar refractivity (Wildman–Crippen MR) is 155 cm³/mol. The number of benzene rings is 2. The van der Waals surface area contributed by atoms with Gasteiger partial charge in [0.15, 0.2) is 0 Å². The number of anilines is 1. The van der Waals surface area contributed by atoms with Gasteiger partial charge in [-0.25, -0.2) is 4.79 Å². The monoisotopic (exact) mass is 550 g/mol. The molecule has 0 fully saturated rings. The topological polar surface area (TPSA) is 102 Å². The highest BCUT2D eigenvalue weighted by atomic mass is 16.5. The lowest BCUT2D eigenvalue weighted by molar-refractivity contribution is -0.116. The lowest BCUT2D eigenvalue weighted by atomic mass is 10.1. The van der Waals surface area contributed by atoms with Gasteiger partial charge in [0.2, 0.25) is 5.91 Å². The Labute approximate surface area is 237 Å². The van der Waals surface area contributed by atoms with Crippen molar-refractivity contribution in [2.24, 2.45) is 0 Å². The summed E-state index contributed by atoms with van der Waals surface area (Å²) in [7, 11) is 1.45. The number of hydrogen-bond donors (Lipinski definition) is 1. The zero-order chi connectivity index (χ0) is 28.7. The molecule has 0 saturated heterocycles. The molecule has 2 aromatic carbocycles. The number of amides is 3. The summed E-state index contributed by atoms with van der Waals surface area (Å²) in [4.78, 5) is 51.4. The molecule has 40 heavy (non-hydrogen) atoms. The lowest BCUT2D eigenvalue weighted by Gasteiger charge is -2.15. The third-order valence-corrected chi connectivity index (χ3v) is 7.12. The average Bonchev–Trinajstić information content (AvgIpc) is 3.20. The molecule has 0 radical (unpaired) electrons. The molecule has 1 N–H and O–H groups in total. The molecular weight excluding hydrogens is 508 g/mol. The van der Waals surface area contributed by atoms with Gasteiger partial charge in [-0.15, -0.1) is 0 Å². The maximum absolute atomic E-state index is 12.7. The second-order valence-electron chi connectivity index (χ2n) is 10.2. The van der Waals surface area contributed by atoms with Crippen molar-refractivity contribution in [2.45, 2.75) is 84.0 Å². The predicted octanol–water partition coefficient (Wildman–Crippen LogP) is 6.79. The van der Waals surface area contributed by atoms with Crippen molar-refractivity contribution in [1.29, 1.82) is 0 Å². The average molecular weight is 551 g/mol. The van der Waals surface area contributed by atoms with Gasteiger partial charge in [0.05, 0.1) is 36.1 Å². The van der Waals surface area contributed by atoms with Crippen LogP contribution < -0.4 is 10.1 Å². The molecule has 216 valence electrons. The molecule has 0 unspecified atom stereocenters. The highest BCUT2D eigenvalue weighted by Crippen LogP contribution is 2.27. The van der Waals surface area contributed by atoms with Crippen molar-refractivity contribution < 1.29 is 28.7 Å². The third kappa shape index (κ3) is 8.93. The molecule has 0 aromatic heterocycles. The van der Waals surface area contributed by atoms with Crippen molar-refractivity contribution in [3.63, 3.8) is 0 Å². The van der Waals surface area contributed by atoms with Crippen molar-refractivity contribution in [2.75, 3.05) is 25.6 Å². The van der Waals surface area contributed by atoms with E-state index in [0.717, 1.165) is 24.2 Å². The number of carbonyl (C=O) groups is 4. The summed E-state index contributed by atoms with van der Waals surface area (Å²) in [5.74, 6) is -1.76. The van der Waals surface area contributed by atoms with Crippen molar-refractivity contribution in [3.8, 4) is 5.75 Å². The zero-order valence-corrected chi connectivity index (χ0v) is 23.8. The Balaban J connectivity index is 1.39. The van der Waals surface area contributed by atoms with Crippen molar-refractivity contribution in [1.82, 2.24) is 4.90 Å². The summed E-state index contributed by atoms with van der Waals surface area (Å²) in [6.07, 6.45) is 14.8. The van der Waals surface area contributed by atoms with Crippen LogP contribution in [0.15, 0.2) is 42.5 Å². The first-order chi connectivity index (χ1) is 19.5. The number of esters is 1. The first-order valence-electron chi connectivity index (χ1n) is 14.6. The molecule has 0 aliphatic carbocycles. The Bertz CT molecular complexity index is 1130. The maximum Gasteiger partial charge on any atom is 0.338 e. The Hall–Kier alpha value is -3.68. The molecule has 3 amide bonds. The first kappa shape index (κ1) is 30.9. The van der Waals surface area contributed by atoms with Gasteiger partial charge in [0, 0.05) is 0 Å². The van der Waals surface area contributed by atoms with E-state index >= 15 is 0 Å². The molecule has 2 aromatic rings. The summed E-state index contributed by atoms with van der Waals surface area (Å²) < 4.78 is 10.7. The fraction of sp³-hybridized carbons (Fsp3) is 0.500. The van der Waals surface area contributed by atoms with Crippen LogP contribution in [0.4, 0.5) is 5.69 Å². The molecule has 3 rings (SSSR count). The number of fused-ring (bicyclic) bond motifs is 1. The number of imide groups is 1. The van der Waals surface area contributed by atoms with Gasteiger partial charge in [-0.1, -0.05) is 89.7 Å². The number of nitrogens with zero attached hydrogens (tertiary/aromatic N) is 1. The number of methoxy groups -OCH3 is 1. The Morgan fingerprint density at radius 3 is 1.88 bits per heavy atom. The van der Waals surface area contributed by atoms with E-state index in [2.05, 4.69) is 12.2 Å². The van der Waals surface area contributed by atoms with Crippen LogP contribution in [0.5, 0.6) is 5.75 Å². The molecule has 1 aliphatic heterocycles. The van der Waals surface area contributed by atoms with E-state index in [0.29, 0.717) is 12.4 Å².